The highest BCUT2D eigenvalue weighted by Gasteiger charge is 2.50. The van der Waals surface area contributed by atoms with Crippen LogP contribution in [0.4, 0.5) is 10.1 Å². The van der Waals surface area contributed by atoms with Gasteiger partial charge in [-0.15, -0.1) is 0 Å². The van der Waals surface area contributed by atoms with Crippen LogP contribution < -0.4 is 4.90 Å². The Morgan fingerprint density at radius 1 is 0.912 bits per heavy atom. The smallest absolute Gasteiger partial charge is 0.253 e. The second-order valence-corrected chi connectivity index (χ2v) is 9.26. The van der Waals surface area contributed by atoms with Gasteiger partial charge in [-0.05, 0) is 48.7 Å². The number of morpholine rings is 1. The SMILES string of the molecule is CC(C(=O)N1CC[C@]2(C1)CN(c1ccc(F)cc1)C(=O)CO2)(c1ccccc1)c1ccccc1. The molecule has 2 heterocycles. The van der Waals surface area contributed by atoms with Crippen molar-refractivity contribution in [3.8, 4) is 0 Å². The third-order valence-electron chi connectivity index (χ3n) is 7.12. The molecule has 0 radical (unpaired) electrons. The number of amides is 2. The maximum atomic E-state index is 14.1. The fourth-order valence-electron chi connectivity index (χ4n) is 5.11. The van der Waals surface area contributed by atoms with Gasteiger partial charge < -0.3 is 14.5 Å². The third kappa shape index (κ3) is 3.88. The summed E-state index contributed by atoms with van der Waals surface area (Å²) in [5.41, 5.74) is 0.999. The van der Waals surface area contributed by atoms with E-state index in [1.807, 2.05) is 72.5 Å². The molecule has 3 aromatic rings. The third-order valence-corrected chi connectivity index (χ3v) is 7.12. The minimum absolute atomic E-state index is 0.00982. The summed E-state index contributed by atoms with van der Waals surface area (Å²) in [7, 11) is 0. The number of rotatable bonds is 4. The van der Waals surface area contributed by atoms with Crippen LogP contribution in [-0.2, 0) is 19.7 Å². The summed E-state index contributed by atoms with van der Waals surface area (Å²) in [6, 6.07) is 25.5. The average Bonchev–Trinajstić information content (AvgIpc) is 3.30. The number of hydrogen-bond donors (Lipinski definition) is 0. The molecular formula is C28H27FN2O3. The molecule has 0 aliphatic carbocycles. The number of nitrogens with zero attached hydrogens (tertiary/aromatic N) is 2. The second-order valence-electron chi connectivity index (χ2n) is 9.26. The van der Waals surface area contributed by atoms with Gasteiger partial charge in [-0.1, -0.05) is 60.7 Å². The number of anilines is 1. The van der Waals surface area contributed by atoms with E-state index in [0.29, 0.717) is 31.7 Å². The van der Waals surface area contributed by atoms with Crippen LogP contribution in [0.5, 0.6) is 0 Å². The van der Waals surface area contributed by atoms with Gasteiger partial charge >= 0.3 is 0 Å². The van der Waals surface area contributed by atoms with Gasteiger partial charge in [0.25, 0.3) is 5.91 Å². The number of ether oxygens (including phenoxy) is 1. The monoisotopic (exact) mass is 458 g/mol. The van der Waals surface area contributed by atoms with E-state index in [2.05, 4.69) is 0 Å². The van der Waals surface area contributed by atoms with Gasteiger partial charge in [0.1, 0.15) is 18.0 Å². The normalized spacial score (nSPS) is 20.7. The number of carbonyl (C=O) groups is 2. The van der Waals surface area contributed by atoms with Gasteiger partial charge in [-0.25, -0.2) is 4.39 Å². The lowest BCUT2D eigenvalue weighted by atomic mass is 9.75. The molecule has 5 rings (SSSR count). The molecule has 2 fully saturated rings. The summed E-state index contributed by atoms with van der Waals surface area (Å²) < 4.78 is 19.5. The van der Waals surface area contributed by atoms with Crippen LogP contribution in [0.25, 0.3) is 0 Å². The zero-order valence-corrected chi connectivity index (χ0v) is 19.1. The maximum absolute atomic E-state index is 14.1. The van der Waals surface area contributed by atoms with E-state index in [0.717, 1.165) is 11.1 Å². The molecule has 6 heteroatoms. The molecule has 1 atom stereocenters. The van der Waals surface area contributed by atoms with Gasteiger partial charge in [0.05, 0.1) is 18.5 Å². The van der Waals surface area contributed by atoms with E-state index in [1.54, 1.807) is 17.0 Å². The fourth-order valence-corrected chi connectivity index (χ4v) is 5.11. The number of hydrogen-bond acceptors (Lipinski definition) is 3. The van der Waals surface area contributed by atoms with E-state index < -0.39 is 11.0 Å². The van der Waals surface area contributed by atoms with Gasteiger partial charge in [-0.2, -0.15) is 0 Å². The molecule has 34 heavy (non-hydrogen) atoms. The Morgan fingerprint density at radius 2 is 1.50 bits per heavy atom. The molecule has 5 nitrogen and oxygen atoms in total. The predicted octanol–water partition coefficient (Wildman–Crippen LogP) is 4.17. The largest absolute Gasteiger partial charge is 0.361 e. The Kier molecular flexibility index (Phi) is 5.70. The van der Waals surface area contributed by atoms with Crippen LogP contribution in [0.2, 0.25) is 0 Å². The first-order valence-corrected chi connectivity index (χ1v) is 11.5. The Morgan fingerprint density at radius 3 is 2.09 bits per heavy atom. The lowest BCUT2D eigenvalue weighted by Crippen LogP contribution is -2.57. The molecule has 2 amide bonds. The van der Waals surface area contributed by atoms with E-state index in [4.69, 9.17) is 4.74 Å². The van der Waals surface area contributed by atoms with Crippen molar-refractivity contribution in [2.45, 2.75) is 24.4 Å². The zero-order chi connectivity index (χ0) is 23.8. The standard InChI is InChI=1S/C28H27FN2O3/c1-27(21-8-4-2-5-9-21,22-10-6-3-7-11-22)26(33)30-17-16-28(19-30)20-31(25(32)18-34-28)24-14-12-23(29)13-15-24/h2-15H,16-20H2,1H3/t28-/m0/s1. The van der Waals surface area contributed by atoms with Gasteiger partial charge in [0.15, 0.2) is 0 Å². The van der Waals surface area contributed by atoms with Crippen LogP contribution in [0, 0.1) is 5.82 Å². The molecule has 0 bridgehead atoms. The first-order valence-electron chi connectivity index (χ1n) is 11.5. The minimum Gasteiger partial charge on any atom is -0.361 e. The summed E-state index contributed by atoms with van der Waals surface area (Å²) in [5, 5.41) is 0. The number of benzene rings is 3. The summed E-state index contributed by atoms with van der Waals surface area (Å²) in [6.07, 6.45) is 0.628. The highest BCUT2D eigenvalue weighted by atomic mass is 19.1. The molecule has 2 saturated heterocycles. The molecule has 0 unspecified atom stereocenters. The Bertz CT molecular complexity index is 1140. The first kappa shape index (κ1) is 22.3. The average molecular weight is 459 g/mol. The van der Waals surface area contributed by atoms with Crippen LogP contribution in [-0.4, -0.2) is 48.6 Å². The molecule has 0 aromatic heterocycles. The fraction of sp³-hybridized carbons (Fsp3) is 0.286. The van der Waals surface area contributed by atoms with E-state index in [-0.39, 0.29) is 24.2 Å². The van der Waals surface area contributed by atoms with E-state index in [1.165, 1.54) is 12.1 Å². The van der Waals surface area contributed by atoms with Crippen molar-refractivity contribution in [3.05, 3.63) is 102 Å². The van der Waals surface area contributed by atoms with Gasteiger partial charge in [0, 0.05) is 12.2 Å². The van der Waals surface area contributed by atoms with Gasteiger partial charge in [0.2, 0.25) is 5.91 Å². The van der Waals surface area contributed by atoms with Gasteiger partial charge in [-0.3, -0.25) is 9.59 Å². The van der Waals surface area contributed by atoms with Crippen molar-refractivity contribution in [2.75, 3.05) is 31.1 Å². The van der Waals surface area contributed by atoms with Crippen molar-refractivity contribution in [2.24, 2.45) is 0 Å². The Labute approximate surface area is 198 Å². The molecule has 174 valence electrons. The minimum atomic E-state index is -0.852. The number of halogens is 1. The summed E-state index contributed by atoms with van der Waals surface area (Å²) in [4.78, 5) is 30.2. The Balaban J connectivity index is 1.42. The maximum Gasteiger partial charge on any atom is 0.253 e. The predicted molar refractivity (Wildman–Crippen MR) is 128 cm³/mol. The van der Waals surface area contributed by atoms with Crippen LogP contribution in [0.15, 0.2) is 84.9 Å². The first-order chi connectivity index (χ1) is 16.4. The van der Waals surface area contributed by atoms with Crippen LogP contribution in [0.3, 0.4) is 0 Å². The van der Waals surface area contributed by atoms with Crippen molar-refractivity contribution in [3.63, 3.8) is 0 Å². The zero-order valence-electron chi connectivity index (χ0n) is 19.1. The second kappa shape index (κ2) is 8.69. The van der Waals surface area contributed by atoms with Crippen LogP contribution in [0.1, 0.15) is 24.5 Å². The lowest BCUT2D eigenvalue weighted by molar-refractivity contribution is -0.140. The molecule has 2 aliphatic heterocycles. The Hall–Kier alpha value is -3.51. The summed E-state index contributed by atoms with van der Waals surface area (Å²) >= 11 is 0. The van der Waals surface area contributed by atoms with Crippen molar-refractivity contribution in [1.82, 2.24) is 4.90 Å². The highest BCUT2D eigenvalue weighted by Crippen LogP contribution is 2.38. The molecule has 0 saturated carbocycles. The van der Waals surface area contributed by atoms with Crippen molar-refractivity contribution in [1.29, 1.82) is 0 Å². The number of carbonyl (C=O) groups excluding carboxylic acids is 2. The molecule has 0 N–H and O–H groups in total. The van der Waals surface area contributed by atoms with Crippen molar-refractivity contribution >= 4 is 17.5 Å². The van der Waals surface area contributed by atoms with E-state index in [9.17, 15) is 14.0 Å². The molecule has 3 aromatic carbocycles. The van der Waals surface area contributed by atoms with Crippen molar-refractivity contribution < 1.29 is 18.7 Å². The van der Waals surface area contributed by atoms with Crippen LogP contribution >= 0.6 is 0 Å². The molecular weight excluding hydrogens is 431 g/mol. The topological polar surface area (TPSA) is 49.9 Å². The summed E-state index contributed by atoms with van der Waals surface area (Å²) in [6.45, 7) is 3.18. The highest BCUT2D eigenvalue weighted by molar-refractivity contribution is 5.95. The molecule has 2 aliphatic rings. The number of likely N-dealkylation sites (tertiary alicyclic amines) is 1. The quantitative estimate of drug-likeness (QED) is 0.590. The molecule has 1 spiro atoms. The summed E-state index contributed by atoms with van der Waals surface area (Å²) in [5.74, 6) is -0.506. The lowest BCUT2D eigenvalue weighted by Gasteiger charge is -2.40. The van der Waals surface area contributed by atoms with E-state index >= 15 is 0 Å².